The molecular formula is C15H14N2O3S. The number of anilines is 1. The first kappa shape index (κ1) is 13.6. The Bertz CT molecular complexity index is 684. The van der Waals surface area contributed by atoms with Crippen molar-refractivity contribution in [3.8, 4) is 5.75 Å². The SMILES string of the molecule is CC1(C(=O)NCc2cccs2)Oc2ccccc2NC1=O. The van der Waals surface area contributed by atoms with Crippen LogP contribution in [-0.4, -0.2) is 17.4 Å². The predicted molar refractivity (Wildman–Crippen MR) is 80.3 cm³/mol. The molecule has 1 aromatic heterocycles. The van der Waals surface area contributed by atoms with Crippen LogP contribution in [0, 0.1) is 0 Å². The quantitative estimate of drug-likeness (QED) is 0.854. The van der Waals surface area contributed by atoms with E-state index in [-0.39, 0.29) is 0 Å². The standard InChI is InChI=1S/C15H14N2O3S/c1-15(13(18)16-9-10-5-4-8-21-10)14(19)17-11-6-2-3-7-12(11)20-15/h2-8H,9H2,1H3,(H,16,18)(H,17,19). The molecule has 2 amide bonds. The molecule has 0 aliphatic carbocycles. The van der Waals surface area contributed by atoms with Gasteiger partial charge in [0.15, 0.2) is 0 Å². The van der Waals surface area contributed by atoms with Gasteiger partial charge in [0, 0.05) is 4.88 Å². The minimum absolute atomic E-state index is 0.379. The molecule has 2 N–H and O–H groups in total. The number of fused-ring (bicyclic) bond motifs is 1. The third kappa shape index (κ3) is 2.50. The van der Waals surface area contributed by atoms with Gasteiger partial charge < -0.3 is 15.4 Å². The first-order valence-electron chi connectivity index (χ1n) is 6.50. The minimum atomic E-state index is -1.56. The summed E-state index contributed by atoms with van der Waals surface area (Å²) in [7, 11) is 0. The number of hydrogen-bond donors (Lipinski definition) is 2. The second-order valence-electron chi connectivity index (χ2n) is 4.85. The molecule has 5 nitrogen and oxygen atoms in total. The van der Waals surface area contributed by atoms with E-state index in [0.717, 1.165) is 4.88 Å². The Morgan fingerprint density at radius 2 is 2.14 bits per heavy atom. The summed E-state index contributed by atoms with van der Waals surface area (Å²) < 4.78 is 5.64. The summed E-state index contributed by atoms with van der Waals surface area (Å²) in [6.07, 6.45) is 0. The molecule has 0 bridgehead atoms. The average molecular weight is 302 g/mol. The van der Waals surface area contributed by atoms with E-state index in [9.17, 15) is 9.59 Å². The maximum Gasteiger partial charge on any atom is 0.278 e. The monoisotopic (exact) mass is 302 g/mol. The number of hydrogen-bond acceptors (Lipinski definition) is 4. The van der Waals surface area contributed by atoms with Crippen LogP contribution in [0.3, 0.4) is 0 Å². The smallest absolute Gasteiger partial charge is 0.278 e. The molecule has 1 aromatic carbocycles. The molecule has 21 heavy (non-hydrogen) atoms. The normalized spacial score (nSPS) is 20.1. The number of carbonyl (C=O) groups excluding carboxylic acids is 2. The molecule has 0 saturated heterocycles. The van der Waals surface area contributed by atoms with Gasteiger partial charge in [-0.1, -0.05) is 18.2 Å². The van der Waals surface area contributed by atoms with E-state index >= 15 is 0 Å². The van der Waals surface area contributed by atoms with E-state index in [2.05, 4.69) is 10.6 Å². The molecular weight excluding hydrogens is 288 g/mol. The summed E-state index contributed by atoms with van der Waals surface area (Å²) in [6.45, 7) is 1.85. The third-order valence-corrected chi connectivity index (χ3v) is 4.20. The largest absolute Gasteiger partial charge is 0.466 e. The van der Waals surface area contributed by atoms with Crippen molar-refractivity contribution in [3.05, 3.63) is 46.7 Å². The molecule has 1 atom stereocenters. The highest BCUT2D eigenvalue weighted by molar-refractivity contribution is 7.09. The summed E-state index contributed by atoms with van der Waals surface area (Å²) >= 11 is 1.54. The lowest BCUT2D eigenvalue weighted by Gasteiger charge is -2.33. The van der Waals surface area contributed by atoms with Crippen molar-refractivity contribution in [2.45, 2.75) is 19.1 Å². The molecule has 0 fully saturated rings. The Hall–Kier alpha value is -2.34. The highest BCUT2D eigenvalue weighted by atomic mass is 32.1. The van der Waals surface area contributed by atoms with Gasteiger partial charge in [-0.3, -0.25) is 9.59 Å². The summed E-state index contributed by atoms with van der Waals surface area (Å²) in [6, 6.07) is 10.9. The van der Waals surface area contributed by atoms with E-state index in [1.165, 1.54) is 6.92 Å². The van der Waals surface area contributed by atoms with Crippen LogP contribution in [0.15, 0.2) is 41.8 Å². The highest BCUT2D eigenvalue weighted by Crippen LogP contribution is 2.33. The topological polar surface area (TPSA) is 67.4 Å². The molecule has 2 aromatic rings. The van der Waals surface area contributed by atoms with Gasteiger partial charge in [-0.25, -0.2) is 0 Å². The molecule has 1 aliphatic heterocycles. The Balaban J connectivity index is 1.77. The van der Waals surface area contributed by atoms with Crippen molar-refractivity contribution in [3.63, 3.8) is 0 Å². The lowest BCUT2D eigenvalue weighted by molar-refractivity contribution is -0.146. The van der Waals surface area contributed by atoms with Crippen molar-refractivity contribution in [2.24, 2.45) is 0 Å². The van der Waals surface area contributed by atoms with Crippen LogP contribution >= 0.6 is 11.3 Å². The van der Waals surface area contributed by atoms with Crippen LogP contribution in [0.2, 0.25) is 0 Å². The Kier molecular flexibility index (Phi) is 3.39. The number of thiophene rings is 1. The fraction of sp³-hybridized carbons (Fsp3) is 0.200. The lowest BCUT2D eigenvalue weighted by atomic mass is 10.0. The Labute approximate surface area is 125 Å². The van der Waals surface area contributed by atoms with Crippen LogP contribution < -0.4 is 15.4 Å². The van der Waals surface area contributed by atoms with Crippen molar-refractivity contribution < 1.29 is 14.3 Å². The number of amides is 2. The van der Waals surface area contributed by atoms with Crippen molar-refractivity contribution in [1.29, 1.82) is 0 Å². The molecule has 2 heterocycles. The van der Waals surface area contributed by atoms with Gasteiger partial charge in [-0.05, 0) is 30.5 Å². The fourth-order valence-electron chi connectivity index (χ4n) is 2.07. The molecule has 0 radical (unpaired) electrons. The molecule has 6 heteroatoms. The van der Waals surface area contributed by atoms with Crippen LogP contribution in [0.5, 0.6) is 5.75 Å². The Morgan fingerprint density at radius 1 is 1.33 bits per heavy atom. The third-order valence-electron chi connectivity index (χ3n) is 3.32. The zero-order valence-corrected chi connectivity index (χ0v) is 12.2. The molecule has 108 valence electrons. The number of ether oxygens (including phenoxy) is 1. The number of para-hydroxylation sites is 2. The van der Waals surface area contributed by atoms with Crippen molar-refractivity contribution in [2.75, 3.05) is 5.32 Å². The van der Waals surface area contributed by atoms with Crippen molar-refractivity contribution in [1.82, 2.24) is 5.32 Å². The van der Waals surface area contributed by atoms with Gasteiger partial charge in [-0.2, -0.15) is 0 Å². The second kappa shape index (κ2) is 5.21. The second-order valence-corrected chi connectivity index (χ2v) is 5.88. The summed E-state index contributed by atoms with van der Waals surface area (Å²) in [5.74, 6) is -0.432. The zero-order chi connectivity index (χ0) is 14.9. The van der Waals surface area contributed by atoms with E-state index in [0.29, 0.717) is 18.0 Å². The Morgan fingerprint density at radius 3 is 2.90 bits per heavy atom. The zero-order valence-electron chi connectivity index (χ0n) is 11.4. The summed E-state index contributed by atoms with van der Waals surface area (Å²) in [5.41, 5.74) is -0.989. The van der Waals surface area contributed by atoms with Crippen LogP contribution in [0.1, 0.15) is 11.8 Å². The van der Waals surface area contributed by atoms with E-state index in [1.54, 1.807) is 35.6 Å². The molecule has 1 aliphatic rings. The van der Waals surface area contributed by atoms with Crippen molar-refractivity contribution >= 4 is 28.8 Å². The number of benzene rings is 1. The van der Waals surface area contributed by atoms with Crippen LogP contribution in [0.4, 0.5) is 5.69 Å². The maximum absolute atomic E-state index is 12.3. The predicted octanol–water partition coefficient (Wildman–Crippen LogP) is 2.15. The maximum atomic E-state index is 12.3. The van der Waals surface area contributed by atoms with Gasteiger partial charge in [0.05, 0.1) is 12.2 Å². The number of rotatable bonds is 3. The first-order chi connectivity index (χ1) is 10.1. The molecule has 1 unspecified atom stereocenters. The van der Waals surface area contributed by atoms with E-state index in [4.69, 9.17) is 4.74 Å². The molecule has 3 rings (SSSR count). The lowest BCUT2D eigenvalue weighted by Crippen LogP contribution is -2.58. The van der Waals surface area contributed by atoms with E-state index < -0.39 is 17.4 Å². The van der Waals surface area contributed by atoms with Gasteiger partial charge >= 0.3 is 0 Å². The van der Waals surface area contributed by atoms with Gasteiger partial charge in [-0.15, -0.1) is 11.3 Å². The minimum Gasteiger partial charge on any atom is -0.466 e. The highest BCUT2D eigenvalue weighted by Gasteiger charge is 2.47. The van der Waals surface area contributed by atoms with Gasteiger partial charge in [0.1, 0.15) is 5.75 Å². The molecule has 0 spiro atoms. The van der Waals surface area contributed by atoms with Gasteiger partial charge in [0.25, 0.3) is 17.4 Å². The number of carbonyl (C=O) groups is 2. The average Bonchev–Trinajstić information content (AvgIpc) is 2.99. The summed E-state index contributed by atoms with van der Waals surface area (Å²) in [4.78, 5) is 25.5. The van der Waals surface area contributed by atoms with Gasteiger partial charge in [0.2, 0.25) is 0 Å². The molecule has 0 saturated carbocycles. The van der Waals surface area contributed by atoms with E-state index in [1.807, 2.05) is 17.5 Å². The fourth-order valence-corrected chi connectivity index (χ4v) is 2.71. The van der Waals surface area contributed by atoms with Crippen LogP contribution in [0.25, 0.3) is 0 Å². The first-order valence-corrected chi connectivity index (χ1v) is 7.38. The van der Waals surface area contributed by atoms with Crippen LogP contribution in [-0.2, 0) is 16.1 Å². The summed E-state index contributed by atoms with van der Waals surface area (Å²) in [5, 5.41) is 7.38. The number of nitrogens with one attached hydrogen (secondary N) is 2.